The topological polar surface area (TPSA) is 87.7 Å². The van der Waals surface area contributed by atoms with Gasteiger partial charge in [-0.3, -0.25) is 4.79 Å². The van der Waals surface area contributed by atoms with Gasteiger partial charge < -0.3 is 20.5 Å². The molecular formula is C10H11ClN2O4. The molecule has 7 heteroatoms. The maximum Gasteiger partial charge on any atom is 0.323 e. The number of carbonyl (C=O) groups excluding carboxylic acids is 1. The minimum atomic E-state index is -1.12. The third-order valence-corrected chi connectivity index (χ3v) is 2.11. The Kier molecular flexibility index (Phi) is 4.59. The highest BCUT2D eigenvalue weighted by molar-refractivity contribution is 6.32. The molecule has 1 aromatic rings. The number of methoxy groups -OCH3 is 1. The van der Waals surface area contributed by atoms with Gasteiger partial charge in [-0.2, -0.15) is 0 Å². The van der Waals surface area contributed by atoms with Crippen molar-refractivity contribution >= 4 is 29.3 Å². The molecule has 0 atom stereocenters. The largest absolute Gasteiger partial charge is 0.495 e. The fraction of sp³-hybridized carbons (Fsp3) is 0.200. The Bertz CT molecular complexity index is 436. The van der Waals surface area contributed by atoms with E-state index in [1.807, 2.05) is 0 Å². The number of aliphatic carboxylic acids is 1. The highest BCUT2D eigenvalue weighted by Gasteiger charge is 2.06. The summed E-state index contributed by atoms with van der Waals surface area (Å²) in [6, 6.07) is 4.06. The Morgan fingerprint density at radius 3 is 2.71 bits per heavy atom. The summed E-state index contributed by atoms with van der Waals surface area (Å²) in [4.78, 5) is 21.4. The first-order chi connectivity index (χ1) is 8.02. The Morgan fingerprint density at radius 1 is 1.47 bits per heavy atom. The first-order valence-electron chi connectivity index (χ1n) is 4.63. The van der Waals surface area contributed by atoms with Crippen LogP contribution in [0.2, 0.25) is 5.02 Å². The van der Waals surface area contributed by atoms with E-state index in [9.17, 15) is 9.59 Å². The van der Waals surface area contributed by atoms with E-state index >= 15 is 0 Å². The summed E-state index contributed by atoms with van der Waals surface area (Å²) < 4.78 is 4.95. The van der Waals surface area contributed by atoms with E-state index in [2.05, 4.69) is 10.6 Å². The van der Waals surface area contributed by atoms with Crippen LogP contribution in [-0.4, -0.2) is 30.8 Å². The summed E-state index contributed by atoms with van der Waals surface area (Å²) in [6.07, 6.45) is 0. The standard InChI is InChI=1S/C10H11ClN2O4/c1-17-8-3-2-6(4-7(8)11)13-10(16)12-5-9(14)15/h2-4H,5H2,1H3,(H,14,15)(H2,12,13,16). The molecule has 0 fully saturated rings. The maximum atomic E-state index is 11.2. The van der Waals surface area contributed by atoms with E-state index in [0.717, 1.165) is 0 Å². The van der Waals surface area contributed by atoms with Crippen molar-refractivity contribution in [3.05, 3.63) is 23.2 Å². The second kappa shape index (κ2) is 5.95. The number of halogens is 1. The van der Waals surface area contributed by atoms with Crippen molar-refractivity contribution in [3.63, 3.8) is 0 Å². The normalized spacial score (nSPS) is 9.53. The molecular weight excluding hydrogens is 248 g/mol. The molecule has 2 amide bonds. The third kappa shape index (κ3) is 4.20. The van der Waals surface area contributed by atoms with Gasteiger partial charge in [-0.15, -0.1) is 0 Å². The van der Waals surface area contributed by atoms with Crippen molar-refractivity contribution in [1.82, 2.24) is 5.32 Å². The van der Waals surface area contributed by atoms with Crippen LogP contribution in [0.5, 0.6) is 5.75 Å². The molecule has 0 saturated heterocycles. The van der Waals surface area contributed by atoms with E-state index in [1.165, 1.54) is 13.2 Å². The molecule has 0 aromatic heterocycles. The minimum Gasteiger partial charge on any atom is -0.495 e. The van der Waals surface area contributed by atoms with Crippen LogP contribution in [0.1, 0.15) is 0 Å². The van der Waals surface area contributed by atoms with Gasteiger partial charge in [-0.25, -0.2) is 4.79 Å². The van der Waals surface area contributed by atoms with Crippen LogP contribution in [0.4, 0.5) is 10.5 Å². The van der Waals surface area contributed by atoms with E-state index in [1.54, 1.807) is 12.1 Å². The quantitative estimate of drug-likeness (QED) is 0.765. The lowest BCUT2D eigenvalue weighted by Gasteiger charge is -2.08. The zero-order valence-electron chi connectivity index (χ0n) is 8.99. The molecule has 0 spiro atoms. The van der Waals surface area contributed by atoms with Gasteiger partial charge in [0, 0.05) is 5.69 Å². The van der Waals surface area contributed by atoms with Crippen molar-refractivity contribution < 1.29 is 19.4 Å². The van der Waals surface area contributed by atoms with E-state index in [4.69, 9.17) is 21.4 Å². The van der Waals surface area contributed by atoms with Crippen LogP contribution in [0.15, 0.2) is 18.2 Å². The van der Waals surface area contributed by atoms with Crippen LogP contribution >= 0.6 is 11.6 Å². The lowest BCUT2D eigenvalue weighted by atomic mass is 10.3. The van der Waals surface area contributed by atoms with Gasteiger partial charge in [0.2, 0.25) is 0 Å². The zero-order chi connectivity index (χ0) is 12.8. The van der Waals surface area contributed by atoms with Gasteiger partial charge >= 0.3 is 12.0 Å². The number of benzene rings is 1. The van der Waals surface area contributed by atoms with Gasteiger partial charge in [-0.05, 0) is 18.2 Å². The number of amides is 2. The molecule has 1 rings (SSSR count). The van der Waals surface area contributed by atoms with Gasteiger partial charge in [-0.1, -0.05) is 11.6 Å². The predicted molar refractivity (Wildman–Crippen MR) is 62.7 cm³/mol. The molecule has 0 radical (unpaired) electrons. The maximum absolute atomic E-state index is 11.2. The number of hydrogen-bond acceptors (Lipinski definition) is 3. The SMILES string of the molecule is COc1ccc(NC(=O)NCC(=O)O)cc1Cl. The first-order valence-corrected chi connectivity index (χ1v) is 5.01. The number of carboxylic acid groups (broad SMARTS) is 1. The van der Waals surface area contributed by atoms with Crippen molar-refractivity contribution in [2.75, 3.05) is 19.0 Å². The number of nitrogens with one attached hydrogen (secondary N) is 2. The average Bonchev–Trinajstić information content (AvgIpc) is 2.26. The van der Waals surface area contributed by atoms with Crippen molar-refractivity contribution in [2.45, 2.75) is 0 Å². The summed E-state index contributed by atoms with van der Waals surface area (Å²) in [6.45, 7) is -0.449. The average molecular weight is 259 g/mol. The molecule has 0 heterocycles. The Labute approximate surface area is 103 Å². The summed E-state index contributed by atoms with van der Waals surface area (Å²) in [5, 5.41) is 13.3. The molecule has 1 aromatic carbocycles. The number of rotatable bonds is 4. The number of hydrogen-bond donors (Lipinski definition) is 3. The lowest BCUT2D eigenvalue weighted by molar-refractivity contribution is -0.135. The molecule has 17 heavy (non-hydrogen) atoms. The van der Waals surface area contributed by atoms with E-state index in [0.29, 0.717) is 16.5 Å². The first kappa shape index (κ1) is 13.1. The molecule has 6 nitrogen and oxygen atoms in total. The number of ether oxygens (including phenoxy) is 1. The van der Waals surface area contributed by atoms with Crippen molar-refractivity contribution in [3.8, 4) is 5.75 Å². The smallest absolute Gasteiger partial charge is 0.323 e. The van der Waals surface area contributed by atoms with Crippen molar-refractivity contribution in [2.24, 2.45) is 0 Å². The summed E-state index contributed by atoms with van der Waals surface area (Å²) in [7, 11) is 1.48. The number of anilines is 1. The molecule has 0 aliphatic rings. The third-order valence-electron chi connectivity index (χ3n) is 1.81. The lowest BCUT2D eigenvalue weighted by Crippen LogP contribution is -2.33. The number of urea groups is 1. The Hall–Kier alpha value is -1.95. The number of carbonyl (C=O) groups is 2. The molecule has 0 aliphatic carbocycles. The second-order valence-corrected chi connectivity index (χ2v) is 3.46. The molecule has 0 saturated carbocycles. The fourth-order valence-electron chi connectivity index (χ4n) is 1.08. The van der Waals surface area contributed by atoms with Gasteiger partial charge in [0.25, 0.3) is 0 Å². The fourth-order valence-corrected chi connectivity index (χ4v) is 1.33. The van der Waals surface area contributed by atoms with Crippen LogP contribution in [0.3, 0.4) is 0 Å². The highest BCUT2D eigenvalue weighted by atomic mass is 35.5. The van der Waals surface area contributed by atoms with Gasteiger partial charge in [0.1, 0.15) is 12.3 Å². The molecule has 3 N–H and O–H groups in total. The molecule has 0 bridgehead atoms. The summed E-state index contributed by atoms with van der Waals surface area (Å²) >= 11 is 5.85. The summed E-state index contributed by atoms with van der Waals surface area (Å²) in [5.74, 6) is -0.629. The van der Waals surface area contributed by atoms with E-state index in [-0.39, 0.29) is 0 Å². The predicted octanol–water partition coefficient (Wildman–Crippen LogP) is 1.55. The van der Waals surface area contributed by atoms with Gasteiger partial charge in [0.15, 0.2) is 0 Å². The van der Waals surface area contributed by atoms with Gasteiger partial charge in [0.05, 0.1) is 12.1 Å². The van der Waals surface area contributed by atoms with Crippen LogP contribution < -0.4 is 15.4 Å². The minimum absolute atomic E-state index is 0.350. The zero-order valence-corrected chi connectivity index (χ0v) is 9.75. The Balaban J connectivity index is 2.60. The summed E-state index contributed by atoms with van der Waals surface area (Å²) in [5.41, 5.74) is 0.443. The number of carboxylic acids is 1. The highest BCUT2D eigenvalue weighted by Crippen LogP contribution is 2.26. The molecule has 0 unspecified atom stereocenters. The van der Waals surface area contributed by atoms with Crippen molar-refractivity contribution in [1.29, 1.82) is 0 Å². The van der Waals surface area contributed by atoms with Crippen LogP contribution in [-0.2, 0) is 4.79 Å². The van der Waals surface area contributed by atoms with Crippen LogP contribution in [0, 0.1) is 0 Å². The monoisotopic (exact) mass is 258 g/mol. The molecule has 0 aliphatic heterocycles. The van der Waals surface area contributed by atoms with Crippen LogP contribution in [0.25, 0.3) is 0 Å². The van der Waals surface area contributed by atoms with E-state index < -0.39 is 18.5 Å². The Morgan fingerprint density at radius 2 is 2.18 bits per heavy atom. The second-order valence-electron chi connectivity index (χ2n) is 3.05. The molecule has 92 valence electrons.